The SMILES string of the molecule is COC1CCN(C(=O)c2cccc(C(C)C)n2)C1. The van der Waals surface area contributed by atoms with E-state index >= 15 is 0 Å². The molecule has 2 heterocycles. The maximum Gasteiger partial charge on any atom is 0.272 e. The summed E-state index contributed by atoms with van der Waals surface area (Å²) in [4.78, 5) is 18.5. The predicted molar refractivity (Wildman–Crippen MR) is 69.6 cm³/mol. The predicted octanol–water partition coefficient (Wildman–Crippen LogP) is 2.07. The van der Waals surface area contributed by atoms with Crippen molar-refractivity contribution >= 4 is 5.91 Å². The summed E-state index contributed by atoms with van der Waals surface area (Å²) in [6, 6.07) is 5.65. The zero-order chi connectivity index (χ0) is 13.1. The van der Waals surface area contributed by atoms with Crippen LogP contribution in [0.3, 0.4) is 0 Å². The second-order valence-corrected chi connectivity index (χ2v) is 5.00. The number of carbonyl (C=O) groups excluding carboxylic acids is 1. The van der Waals surface area contributed by atoms with Crippen molar-refractivity contribution in [2.24, 2.45) is 0 Å². The standard InChI is InChI=1S/C14H20N2O2/c1-10(2)12-5-4-6-13(15-12)14(17)16-8-7-11(9-16)18-3/h4-6,10-11H,7-9H2,1-3H3. The summed E-state index contributed by atoms with van der Waals surface area (Å²) in [5.41, 5.74) is 1.50. The Kier molecular flexibility index (Phi) is 3.97. The van der Waals surface area contributed by atoms with Crippen LogP contribution in [0.1, 0.15) is 42.4 Å². The van der Waals surface area contributed by atoms with Crippen LogP contribution >= 0.6 is 0 Å². The number of hydrogen-bond donors (Lipinski definition) is 0. The van der Waals surface area contributed by atoms with Gasteiger partial charge >= 0.3 is 0 Å². The van der Waals surface area contributed by atoms with Gasteiger partial charge in [0.2, 0.25) is 0 Å². The summed E-state index contributed by atoms with van der Waals surface area (Å²) in [6.07, 6.45) is 1.08. The average molecular weight is 248 g/mol. The first-order valence-corrected chi connectivity index (χ1v) is 6.41. The first kappa shape index (κ1) is 13.0. The molecule has 1 saturated heterocycles. The first-order valence-electron chi connectivity index (χ1n) is 6.41. The number of rotatable bonds is 3. The van der Waals surface area contributed by atoms with Crippen molar-refractivity contribution in [3.05, 3.63) is 29.6 Å². The van der Waals surface area contributed by atoms with E-state index in [0.717, 1.165) is 18.7 Å². The Morgan fingerprint density at radius 2 is 2.28 bits per heavy atom. The average Bonchev–Trinajstić information content (AvgIpc) is 2.86. The van der Waals surface area contributed by atoms with Crippen LogP contribution in [0.25, 0.3) is 0 Å². The van der Waals surface area contributed by atoms with Gasteiger partial charge < -0.3 is 9.64 Å². The highest BCUT2D eigenvalue weighted by atomic mass is 16.5. The minimum Gasteiger partial charge on any atom is -0.380 e. The molecule has 0 aromatic carbocycles. The van der Waals surface area contributed by atoms with Crippen LogP contribution in [0, 0.1) is 0 Å². The Morgan fingerprint density at radius 3 is 2.89 bits per heavy atom. The molecule has 18 heavy (non-hydrogen) atoms. The number of amides is 1. The van der Waals surface area contributed by atoms with E-state index in [2.05, 4.69) is 18.8 Å². The Balaban J connectivity index is 2.12. The number of hydrogen-bond acceptors (Lipinski definition) is 3. The van der Waals surface area contributed by atoms with Gasteiger partial charge in [-0.3, -0.25) is 4.79 Å². The number of carbonyl (C=O) groups is 1. The van der Waals surface area contributed by atoms with Crippen molar-refractivity contribution in [1.82, 2.24) is 9.88 Å². The van der Waals surface area contributed by atoms with Crippen molar-refractivity contribution in [3.63, 3.8) is 0 Å². The number of pyridine rings is 1. The third-order valence-corrected chi connectivity index (χ3v) is 3.35. The molecule has 0 saturated carbocycles. The van der Waals surface area contributed by atoms with Gasteiger partial charge in [-0.05, 0) is 24.5 Å². The van der Waals surface area contributed by atoms with Gasteiger partial charge in [0, 0.05) is 25.9 Å². The Hall–Kier alpha value is -1.42. The molecule has 0 radical (unpaired) electrons. The molecule has 1 amide bonds. The van der Waals surface area contributed by atoms with Gasteiger partial charge in [-0.15, -0.1) is 0 Å². The molecule has 2 rings (SSSR count). The molecular formula is C14H20N2O2. The molecule has 1 unspecified atom stereocenters. The molecule has 1 aliphatic rings. The van der Waals surface area contributed by atoms with Crippen molar-refractivity contribution in [1.29, 1.82) is 0 Å². The normalized spacial score (nSPS) is 19.6. The fourth-order valence-electron chi connectivity index (χ4n) is 2.16. The third-order valence-electron chi connectivity index (χ3n) is 3.35. The second kappa shape index (κ2) is 5.48. The molecule has 4 nitrogen and oxygen atoms in total. The van der Waals surface area contributed by atoms with Crippen LogP contribution in [0.4, 0.5) is 0 Å². The van der Waals surface area contributed by atoms with E-state index < -0.39 is 0 Å². The van der Waals surface area contributed by atoms with Gasteiger partial charge in [-0.1, -0.05) is 19.9 Å². The van der Waals surface area contributed by atoms with E-state index in [1.54, 1.807) is 13.2 Å². The molecule has 1 fully saturated rings. The van der Waals surface area contributed by atoms with Crippen molar-refractivity contribution in [2.75, 3.05) is 20.2 Å². The van der Waals surface area contributed by atoms with Gasteiger partial charge in [0.25, 0.3) is 5.91 Å². The van der Waals surface area contributed by atoms with E-state index in [4.69, 9.17) is 4.74 Å². The van der Waals surface area contributed by atoms with Crippen LogP contribution in [-0.2, 0) is 4.74 Å². The van der Waals surface area contributed by atoms with Gasteiger partial charge in [-0.2, -0.15) is 0 Å². The van der Waals surface area contributed by atoms with Crippen LogP contribution in [-0.4, -0.2) is 42.1 Å². The molecule has 1 aromatic rings. The Bertz CT molecular complexity index is 432. The zero-order valence-electron chi connectivity index (χ0n) is 11.2. The van der Waals surface area contributed by atoms with Crippen molar-refractivity contribution in [2.45, 2.75) is 32.3 Å². The van der Waals surface area contributed by atoms with Crippen molar-refractivity contribution in [3.8, 4) is 0 Å². The minimum absolute atomic E-state index is 0.0112. The highest BCUT2D eigenvalue weighted by molar-refractivity contribution is 5.92. The minimum atomic E-state index is 0.0112. The summed E-state index contributed by atoms with van der Waals surface area (Å²) < 4.78 is 5.28. The number of ether oxygens (including phenoxy) is 1. The second-order valence-electron chi connectivity index (χ2n) is 5.00. The van der Waals surface area contributed by atoms with Gasteiger partial charge in [0.1, 0.15) is 5.69 Å². The number of methoxy groups -OCH3 is 1. The molecule has 4 heteroatoms. The lowest BCUT2D eigenvalue weighted by Gasteiger charge is -2.16. The molecule has 1 aromatic heterocycles. The zero-order valence-corrected chi connectivity index (χ0v) is 11.2. The van der Waals surface area contributed by atoms with Gasteiger partial charge in [0.05, 0.1) is 6.10 Å². The van der Waals surface area contributed by atoms with Gasteiger partial charge in [-0.25, -0.2) is 4.98 Å². The third kappa shape index (κ3) is 2.70. The lowest BCUT2D eigenvalue weighted by atomic mass is 10.1. The van der Waals surface area contributed by atoms with E-state index in [1.807, 2.05) is 17.0 Å². The monoisotopic (exact) mass is 248 g/mol. The first-order chi connectivity index (χ1) is 8.61. The van der Waals surface area contributed by atoms with Crippen LogP contribution in [0.2, 0.25) is 0 Å². The smallest absolute Gasteiger partial charge is 0.272 e. The van der Waals surface area contributed by atoms with Crippen LogP contribution < -0.4 is 0 Å². The molecule has 0 bridgehead atoms. The molecule has 1 aliphatic heterocycles. The maximum absolute atomic E-state index is 12.3. The quantitative estimate of drug-likeness (QED) is 0.822. The van der Waals surface area contributed by atoms with E-state index in [9.17, 15) is 4.79 Å². The molecule has 1 atom stereocenters. The molecule has 0 N–H and O–H groups in total. The summed E-state index contributed by atoms with van der Waals surface area (Å²) in [5.74, 6) is 0.347. The number of aromatic nitrogens is 1. The summed E-state index contributed by atoms with van der Waals surface area (Å²) in [7, 11) is 1.69. The summed E-state index contributed by atoms with van der Waals surface area (Å²) >= 11 is 0. The Labute approximate surface area is 108 Å². The highest BCUT2D eigenvalue weighted by Gasteiger charge is 2.27. The Morgan fingerprint density at radius 1 is 1.50 bits per heavy atom. The van der Waals surface area contributed by atoms with E-state index in [0.29, 0.717) is 18.2 Å². The highest BCUT2D eigenvalue weighted by Crippen LogP contribution is 2.16. The lowest BCUT2D eigenvalue weighted by Crippen LogP contribution is -2.30. The van der Waals surface area contributed by atoms with Crippen LogP contribution in [0.15, 0.2) is 18.2 Å². The fraction of sp³-hybridized carbons (Fsp3) is 0.571. The number of nitrogens with zero attached hydrogens (tertiary/aromatic N) is 2. The van der Waals surface area contributed by atoms with E-state index in [1.165, 1.54) is 0 Å². The molecule has 0 spiro atoms. The molecular weight excluding hydrogens is 228 g/mol. The summed E-state index contributed by atoms with van der Waals surface area (Å²) in [5, 5.41) is 0. The topological polar surface area (TPSA) is 42.4 Å². The lowest BCUT2D eigenvalue weighted by molar-refractivity contribution is 0.0718. The largest absolute Gasteiger partial charge is 0.380 e. The summed E-state index contributed by atoms with van der Waals surface area (Å²) in [6.45, 7) is 5.58. The van der Waals surface area contributed by atoms with E-state index in [-0.39, 0.29) is 12.0 Å². The van der Waals surface area contributed by atoms with Gasteiger partial charge in [0.15, 0.2) is 0 Å². The number of likely N-dealkylation sites (tertiary alicyclic amines) is 1. The molecule has 98 valence electrons. The maximum atomic E-state index is 12.3. The molecule has 0 aliphatic carbocycles. The fourth-order valence-corrected chi connectivity index (χ4v) is 2.16. The van der Waals surface area contributed by atoms with Crippen molar-refractivity contribution < 1.29 is 9.53 Å². The van der Waals surface area contributed by atoms with Crippen LogP contribution in [0.5, 0.6) is 0 Å².